The molecule has 0 amide bonds. The van der Waals surface area contributed by atoms with E-state index in [9.17, 15) is 39.9 Å². The number of carboxylic acid groups (broad SMARTS) is 1. The number of allylic oxidation sites excluding steroid dienone is 1. The van der Waals surface area contributed by atoms with Crippen LogP contribution in [0.4, 0.5) is 0 Å². The molecule has 18 atom stereocenters. The third kappa shape index (κ3) is 11.8. The van der Waals surface area contributed by atoms with Crippen LogP contribution < -0.4 is 44.8 Å². The molecule has 4 N–H and O–H groups in total. The summed E-state index contributed by atoms with van der Waals surface area (Å²) in [5, 5.41) is 56.5. The van der Waals surface area contributed by atoms with E-state index in [1.807, 2.05) is 54.5 Å². The maximum absolute atomic E-state index is 14.4. The van der Waals surface area contributed by atoms with E-state index in [0.29, 0.717) is 93.5 Å². The summed E-state index contributed by atoms with van der Waals surface area (Å²) in [4.78, 5) is 38.2. The topological polar surface area (TPSA) is 224 Å². The van der Waals surface area contributed by atoms with Crippen molar-refractivity contribution in [3.05, 3.63) is 57.5 Å². The maximum Gasteiger partial charge on any atom is 1.00 e. The van der Waals surface area contributed by atoms with Crippen molar-refractivity contribution in [1.82, 2.24) is 0 Å². The largest absolute Gasteiger partial charge is 1.00 e. The summed E-state index contributed by atoms with van der Waals surface area (Å²) >= 11 is 0. The number of rotatable bonds is 12. The first-order valence-electron chi connectivity index (χ1n) is 26.9. The van der Waals surface area contributed by atoms with E-state index in [0.717, 1.165) is 12.0 Å². The van der Waals surface area contributed by atoms with Gasteiger partial charge in [-0.05, 0) is 121 Å². The number of aromatic hydroxyl groups is 1. The predicted molar refractivity (Wildman–Crippen MR) is 268 cm³/mol. The van der Waals surface area contributed by atoms with Crippen molar-refractivity contribution in [2.45, 2.75) is 219 Å². The number of fused-ring (bicyclic) bond motifs is 2. The summed E-state index contributed by atoms with van der Waals surface area (Å²) in [5.74, 6) is -5.18. The Bertz CT molecular complexity index is 2400. The molecule has 0 saturated carbocycles. The number of phenolic OH excluding ortho intramolecular Hbond substituents is 1. The number of hydrogen-bond donors (Lipinski definition) is 4. The fourth-order valence-corrected chi connectivity index (χ4v) is 12.8. The first-order chi connectivity index (χ1) is 33.9. The number of aryl methyl sites for hydroxylation is 1. The number of aliphatic carboxylic acids is 1. The average molecular weight is 1030 g/mol. The van der Waals surface area contributed by atoms with E-state index >= 15 is 0 Å². The van der Waals surface area contributed by atoms with Gasteiger partial charge in [-0.25, -0.2) is 0 Å². The summed E-state index contributed by atoms with van der Waals surface area (Å²) in [6, 6.07) is 3.07. The Morgan fingerprint density at radius 1 is 0.918 bits per heavy atom. The van der Waals surface area contributed by atoms with E-state index in [1.54, 1.807) is 32.1 Å². The molecule has 402 valence electrons. The summed E-state index contributed by atoms with van der Waals surface area (Å²) in [6.07, 6.45) is 7.76. The molecule has 16 heteroatoms. The van der Waals surface area contributed by atoms with Crippen LogP contribution in [0.1, 0.15) is 152 Å². The van der Waals surface area contributed by atoms with Crippen LogP contribution in [0.2, 0.25) is 0 Å². The van der Waals surface area contributed by atoms with Crippen LogP contribution in [-0.2, 0) is 39.7 Å². The van der Waals surface area contributed by atoms with Crippen molar-refractivity contribution >= 4 is 22.7 Å². The minimum atomic E-state index is -1.37. The van der Waals surface area contributed by atoms with Crippen LogP contribution in [0.3, 0.4) is 0 Å². The Morgan fingerprint density at radius 2 is 1.62 bits per heavy atom. The van der Waals surface area contributed by atoms with E-state index < -0.39 is 82.9 Å². The van der Waals surface area contributed by atoms with E-state index in [1.165, 1.54) is 6.07 Å². The van der Waals surface area contributed by atoms with Crippen molar-refractivity contribution in [3.63, 3.8) is 0 Å². The minimum absolute atomic E-state index is 0. The van der Waals surface area contributed by atoms with Gasteiger partial charge in [-0.2, -0.15) is 0 Å². The molecule has 15 nitrogen and oxygen atoms in total. The molecule has 6 aliphatic heterocycles. The zero-order chi connectivity index (χ0) is 52.8. The average Bonchev–Trinajstić information content (AvgIpc) is 3.56. The molecule has 8 rings (SSSR count). The second-order valence-corrected chi connectivity index (χ2v) is 22.7. The number of benzene rings is 1. The fourth-order valence-electron chi connectivity index (χ4n) is 12.8. The minimum Gasteiger partial charge on any atom is -0.550 e. The van der Waals surface area contributed by atoms with Gasteiger partial charge in [0.05, 0.1) is 47.8 Å². The molecule has 18 unspecified atom stereocenters. The van der Waals surface area contributed by atoms with Crippen LogP contribution in [0, 0.1) is 48.3 Å². The number of carbonyl (C=O) groups is 2. The SMILES string of the molecule is CC1=CCc2c(cc3oc(C)cc(=O)c3c2O)OC1.CCC(C(=O)[O-])C1CCC(C)C(C(C)C(O)C(C)C(=O)C(CC)C2OC3(C=CC(O)C4(CCC(C)(C5CCC(O)(CC)C(C)O5)O4)O3)C(C)CC2C)O1.[Na+]. The third-order valence-electron chi connectivity index (χ3n) is 17.7. The van der Waals surface area contributed by atoms with Gasteiger partial charge in [0.25, 0.3) is 0 Å². The number of carboxylic acids is 1. The zero-order valence-corrected chi connectivity index (χ0v) is 47.7. The molecule has 1 aromatic carbocycles. The summed E-state index contributed by atoms with van der Waals surface area (Å²) in [6.45, 7) is 23.7. The molecule has 6 aliphatic rings. The first-order valence-corrected chi connectivity index (χ1v) is 26.9. The quantitative estimate of drug-likeness (QED) is 0.169. The Labute approximate surface area is 454 Å². The summed E-state index contributed by atoms with van der Waals surface area (Å²) in [5.41, 5.74) is 0.226. The Morgan fingerprint density at radius 3 is 2.26 bits per heavy atom. The molecule has 2 aromatic rings. The van der Waals surface area contributed by atoms with Gasteiger partial charge in [0.2, 0.25) is 5.79 Å². The van der Waals surface area contributed by atoms with Crippen molar-refractivity contribution < 1.29 is 97.5 Å². The molecule has 4 fully saturated rings. The normalized spacial score (nSPS) is 37.3. The number of ketones is 1. The molecule has 73 heavy (non-hydrogen) atoms. The molecule has 4 saturated heterocycles. The number of ether oxygens (including phenoxy) is 6. The third-order valence-corrected chi connectivity index (χ3v) is 17.7. The van der Waals surface area contributed by atoms with Crippen molar-refractivity contribution in [2.75, 3.05) is 6.61 Å². The van der Waals surface area contributed by atoms with E-state index in [-0.39, 0.29) is 81.9 Å². The van der Waals surface area contributed by atoms with Crippen molar-refractivity contribution in [2.24, 2.45) is 41.4 Å². The number of hydrogen-bond acceptors (Lipinski definition) is 15. The molecule has 1 aromatic heterocycles. The Kier molecular flexibility index (Phi) is 19.2. The predicted octanol–water partition coefficient (Wildman–Crippen LogP) is 4.55. The molecular weight excluding hydrogens is 948 g/mol. The van der Waals surface area contributed by atoms with Gasteiger partial charge in [0.1, 0.15) is 46.7 Å². The van der Waals surface area contributed by atoms with Gasteiger partial charge >= 0.3 is 29.6 Å². The second kappa shape index (κ2) is 23.5. The number of aliphatic hydroxyl groups is 3. The number of aliphatic hydroxyl groups excluding tert-OH is 2. The Balaban J connectivity index is 0.000000361. The van der Waals surface area contributed by atoms with Crippen LogP contribution >= 0.6 is 0 Å². The van der Waals surface area contributed by atoms with Crippen LogP contribution in [0.25, 0.3) is 11.0 Å². The maximum atomic E-state index is 14.4. The number of Topliss-reactive ketones (excluding diaryl/α,β-unsaturated/α-hetero) is 1. The summed E-state index contributed by atoms with van der Waals surface area (Å²) in [7, 11) is 0. The Hall–Kier alpha value is -2.67. The van der Waals surface area contributed by atoms with Crippen LogP contribution in [0.5, 0.6) is 11.5 Å². The van der Waals surface area contributed by atoms with Gasteiger partial charge in [0, 0.05) is 59.7 Å². The van der Waals surface area contributed by atoms with E-state index in [2.05, 4.69) is 20.8 Å². The standard InChI is InChI=1S/C42H70O11.C15H14O4.Na/c1-11-29(38(46)47)31-15-14-23(4)36(50-31)27(8)34(44)26(7)35(45)30(12-2)37-24(5)22-25(6)41(51-37)19-16-32(43)42(53-41)21-20-39(10,52-42)33-17-18-40(48,13-3)28(9)49-33;1-8-3-4-10-12(18-7-8)6-13-14(15(10)17)11(16)5-9(2)19-13;/h16,19,23-34,36-37,43-44,48H,11-15,17-18,20-22H2,1-10H3,(H,46,47);3,5-6,17H,4,7H2,1-2H3;/q;;+1/p-1. The molecule has 0 radical (unpaired) electrons. The molecular formula is C57H83NaO15. The summed E-state index contributed by atoms with van der Waals surface area (Å²) < 4.78 is 44.6. The second-order valence-electron chi connectivity index (χ2n) is 22.7. The monoisotopic (exact) mass is 1030 g/mol. The van der Waals surface area contributed by atoms with Gasteiger partial charge in [-0.3, -0.25) is 9.59 Å². The number of carbonyl (C=O) groups excluding carboxylic acids is 2. The fraction of sp³-hybridized carbons (Fsp3) is 0.737. The van der Waals surface area contributed by atoms with Gasteiger partial charge < -0.3 is 63.2 Å². The molecule has 0 aliphatic carbocycles. The first kappa shape index (κ1) is 59.6. The van der Waals surface area contributed by atoms with Crippen LogP contribution in [0.15, 0.2) is 45.1 Å². The smallest absolute Gasteiger partial charge is 0.550 e. The molecule has 2 spiro atoms. The van der Waals surface area contributed by atoms with Crippen molar-refractivity contribution in [1.29, 1.82) is 0 Å². The van der Waals surface area contributed by atoms with Gasteiger partial charge in [0.15, 0.2) is 11.2 Å². The van der Waals surface area contributed by atoms with Gasteiger partial charge in [-0.15, -0.1) is 0 Å². The zero-order valence-electron chi connectivity index (χ0n) is 45.7. The van der Waals surface area contributed by atoms with Crippen LogP contribution in [-0.4, -0.2) is 104 Å². The van der Waals surface area contributed by atoms with Crippen molar-refractivity contribution in [3.8, 4) is 11.5 Å². The van der Waals surface area contributed by atoms with E-state index in [4.69, 9.17) is 32.8 Å². The number of phenols is 1. The molecule has 0 bridgehead atoms. The van der Waals surface area contributed by atoms with Gasteiger partial charge in [-0.1, -0.05) is 61.5 Å². The molecule has 7 heterocycles.